The molecule has 1 fully saturated rings. The van der Waals surface area contributed by atoms with Gasteiger partial charge in [-0.3, -0.25) is 4.68 Å². The third-order valence-corrected chi connectivity index (χ3v) is 3.26. The maximum atomic E-state index is 11.8. The molecule has 0 spiro atoms. The first-order valence-corrected chi connectivity index (χ1v) is 6.11. The molecule has 5 nitrogen and oxygen atoms in total. The van der Waals surface area contributed by atoms with Gasteiger partial charge in [0.1, 0.15) is 0 Å². The minimum Gasteiger partial charge on any atom is -0.331 e. The van der Waals surface area contributed by atoms with E-state index in [0.29, 0.717) is 11.1 Å². The lowest BCUT2D eigenvalue weighted by molar-refractivity contribution is 0.146. The Morgan fingerprint density at radius 1 is 1.47 bits per heavy atom. The van der Waals surface area contributed by atoms with Crippen molar-refractivity contribution >= 4 is 17.6 Å². The first kappa shape index (κ1) is 12.2. The Hall–Kier alpha value is -1.23. The molecule has 2 amide bonds. The van der Waals surface area contributed by atoms with Gasteiger partial charge in [0.25, 0.3) is 0 Å². The van der Waals surface area contributed by atoms with Crippen molar-refractivity contribution in [3.8, 4) is 0 Å². The summed E-state index contributed by atoms with van der Waals surface area (Å²) in [6, 6.07) is 0.440. The summed E-state index contributed by atoms with van der Waals surface area (Å²) < 4.78 is 1.90. The van der Waals surface area contributed by atoms with Crippen molar-refractivity contribution in [2.45, 2.75) is 18.9 Å². The van der Waals surface area contributed by atoms with Crippen LogP contribution in [-0.4, -0.2) is 52.8 Å². The zero-order chi connectivity index (χ0) is 12.4. The Morgan fingerprint density at radius 3 is 2.59 bits per heavy atom. The van der Waals surface area contributed by atoms with Gasteiger partial charge in [0, 0.05) is 33.4 Å². The van der Waals surface area contributed by atoms with Gasteiger partial charge in [0.15, 0.2) is 0 Å². The number of hydrogen-bond donors (Lipinski definition) is 0. The van der Waals surface area contributed by atoms with Crippen LogP contribution in [0.2, 0.25) is 5.02 Å². The van der Waals surface area contributed by atoms with Crippen LogP contribution < -0.4 is 0 Å². The fourth-order valence-corrected chi connectivity index (χ4v) is 2.26. The minimum absolute atomic E-state index is 0.0851. The van der Waals surface area contributed by atoms with E-state index in [1.165, 1.54) is 0 Å². The predicted octanol–water partition coefficient (Wildman–Crippen LogP) is 1.85. The lowest BCUT2D eigenvalue weighted by Gasteiger charge is -2.33. The van der Waals surface area contributed by atoms with Gasteiger partial charge in [0.05, 0.1) is 17.3 Å². The van der Waals surface area contributed by atoms with E-state index in [1.54, 1.807) is 25.2 Å². The van der Waals surface area contributed by atoms with Crippen LogP contribution in [0.15, 0.2) is 12.4 Å². The third kappa shape index (κ3) is 2.72. The molecule has 0 aromatic carbocycles. The average Bonchev–Trinajstić information content (AvgIpc) is 2.75. The van der Waals surface area contributed by atoms with E-state index in [2.05, 4.69) is 5.10 Å². The average molecular weight is 257 g/mol. The number of aromatic nitrogens is 2. The Balaban J connectivity index is 1.92. The monoisotopic (exact) mass is 256 g/mol. The van der Waals surface area contributed by atoms with Gasteiger partial charge in [-0.15, -0.1) is 0 Å². The largest absolute Gasteiger partial charge is 0.331 e. The van der Waals surface area contributed by atoms with Crippen molar-refractivity contribution in [1.82, 2.24) is 19.6 Å². The molecule has 0 saturated carbocycles. The molecular formula is C11H17ClN4O. The Labute approximate surface area is 106 Å². The number of urea groups is 1. The highest BCUT2D eigenvalue weighted by Gasteiger charge is 2.24. The molecule has 0 N–H and O–H groups in total. The summed E-state index contributed by atoms with van der Waals surface area (Å²) in [6.07, 6.45) is 5.35. The number of amides is 2. The molecule has 17 heavy (non-hydrogen) atoms. The number of piperidine rings is 1. The van der Waals surface area contributed by atoms with Gasteiger partial charge in [0.2, 0.25) is 0 Å². The number of nitrogens with zero attached hydrogens (tertiary/aromatic N) is 4. The Morgan fingerprint density at radius 2 is 2.12 bits per heavy atom. The highest BCUT2D eigenvalue weighted by Crippen LogP contribution is 2.23. The lowest BCUT2D eigenvalue weighted by atomic mass is 10.1. The second-order valence-corrected chi connectivity index (χ2v) is 4.97. The highest BCUT2D eigenvalue weighted by atomic mass is 35.5. The van der Waals surface area contributed by atoms with Gasteiger partial charge in [-0.05, 0) is 12.8 Å². The molecule has 2 rings (SSSR count). The van der Waals surface area contributed by atoms with Crippen LogP contribution in [0.3, 0.4) is 0 Å². The number of halogens is 1. The van der Waals surface area contributed by atoms with E-state index in [9.17, 15) is 4.79 Å². The molecule has 94 valence electrons. The van der Waals surface area contributed by atoms with Crippen LogP contribution in [0.5, 0.6) is 0 Å². The number of hydrogen-bond acceptors (Lipinski definition) is 2. The standard InChI is InChI=1S/C11H17ClN4O/c1-14(2)11(17)15-5-3-10(4-6-15)16-8-9(12)7-13-16/h7-8,10H,3-6H2,1-2H3. The molecule has 6 heteroatoms. The van der Waals surface area contributed by atoms with Crippen LogP contribution in [-0.2, 0) is 0 Å². The molecule has 0 bridgehead atoms. The normalized spacial score (nSPS) is 17.2. The fourth-order valence-electron chi connectivity index (χ4n) is 2.12. The van der Waals surface area contributed by atoms with E-state index in [4.69, 9.17) is 11.6 Å². The van der Waals surface area contributed by atoms with Gasteiger partial charge >= 0.3 is 6.03 Å². The summed E-state index contributed by atoms with van der Waals surface area (Å²) in [5, 5.41) is 4.88. The smallest absolute Gasteiger partial charge is 0.319 e. The lowest BCUT2D eigenvalue weighted by Crippen LogP contribution is -2.44. The van der Waals surface area contributed by atoms with Crippen molar-refractivity contribution in [1.29, 1.82) is 0 Å². The van der Waals surface area contributed by atoms with Gasteiger partial charge in [-0.25, -0.2) is 4.79 Å². The molecule has 0 unspecified atom stereocenters. The SMILES string of the molecule is CN(C)C(=O)N1CCC(n2cc(Cl)cn2)CC1. The van der Waals surface area contributed by atoms with E-state index in [0.717, 1.165) is 25.9 Å². The maximum absolute atomic E-state index is 11.8. The fraction of sp³-hybridized carbons (Fsp3) is 0.636. The summed E-state index contributed by atoms with van der Waals surface area (Å²) in [7, 11) is 3.56. The molecule has 1 aromatic rings. The Kier molecular flexibility index (Phi) is 3.57. The highest BCUT2D eigenvalue weighted by molar-refractivity contribution is 6.30. The molecule has 1 aromatic heterocycles. The van der Waals surface area contributed by atoms with Crippen molar-refractivity contribution in [3.05, 3.63) is 17.4 Å². The quantitative estimate of drug-likeness (QED) is 0.770. The predicted molar refractivity (Wildman–Crippen MR) is 66.2 cm³/mol. The minimum atomic E-state index is 0.0851. The first-order valence-electron chi connectivity index (χ1n) is 5.74. The van der Waals surface area contributed by atoms with Crippen LogP contribution in [0, 0.1) is 0 Å². The van der Waals surface area contributed by atoms with E-state index >= 15 is 0 Å². The van der Waals surface area contributed by atoms with Crippen molar-refractivity contribution in [3.63, 3.8) is 0 Å². The molecule has 1 aliphatic rings. The zero-order valence-electron chi connectivity index (χ0n) is 10.1. The van der Waals surface area contributed by atoms with Gasteiger partial charge < -0.3 is 9.80 Å². The topological polar surface area (TPSA) is 41.4 Å². The maximum Gasteiger partial charge on any atom is 0.319 e. The van der Waals surface area contributed by atoms with Crippen molar-refractivity contribution < 1.29 is 4.79 Å². The van der Waals surface area contributed by atoms with Crippen molar-refractivity contribution in [2.24, 2.45) is 0 Å². The second-order valence-electron chi connectivity index (χ2n) is 4.53. The summed E-state index contributed by atoms with van der Waals surface area (Å²) in [4.78, 5) is 15.2. The van der Waals surface area contributed by atoms with Crippen LogP contribution in [0.1, 0.15) is 18.9 Å². The summed E-state index contributed by atoms with van der Waals surface area (Å²) in [5.41, 5.74) is 0. The number of likely N-dealkylation sites (tertiary alicyclic amines) is 1. The van der Waals surface area contributed by atoms with E-state index in [1.807, 2.05) is 15.8 Å². The molecule has 1 saturated heterocycles. The first-order chi connectivity index (χ1) is 8.08. The number of carbonyl (C=O) groups excluding carboxylic acids is 1. The molecule has 1 aliphatic heterocycles. The van der Waals surface area contributed by atoms with Crippen LogP contribution in [0.25, 0.3) is 0 Å². The molecule has 0 radical (unpaired) electrons. The van der Waals surface area contributed by atoms with Gasteiger partial charge in [-0.1, -0.05) is 11.6 Å². The number of carbonyl (C=O) groups is 1. The Bertz CT molecular complexity index is 396. The van der Waals surface area contributed by atoms with E-state index in [-0.39, 0.29) is 6.03 Å². The van der Waals surface area contributed by atoms with Crippen LogP contribution in [0.4, 0.5) is 4.79 Å². The van der Waals surface area contributed by atoms with Crippen molar-refractivity contribution in [2.75, 3.05) is 27.2 Å². The molecular weight excluding hydrogens is 240 g/mol. The summed E-state index contributed by atoms with van der Waals surface area (Å²) >= 11 is 5.85. The summed E-state index contributed by atoms with van der Waals surface area (Å²) in [6.45, 7) is 1.55. The number of rotatable bonds is 1. The molecule has 0 atom stereocenters. The summed E-state index contributed by atoms with van der Waals surface area (Å²) in [5.74, 6) is 0. The second kappa shape index (κ2) is 4.96. The van der Waals surface area contributed by atoms with E-state index < -0.39 is 0 Å². The molecule has 0 aliphatic carbocycles. The van der Waals surface area contributed by atoms with Crippen LogP contribution >= 0.6 is 11.6 Å². The molecule has 2 heterocycles. The third-order valence-electron chi connectivity index (χ3n) is 3.06. The van der Waals surface area contributed by atoms with Gasteiger partial charge in [-0.2, -0.15) is 5.10 Å². The zero-order valence-corrected chi connectivity index (χ0v) is 10.9.